The normalized spacial score (nSPS) is 17.5. The minimum Gasteiger partial charge on any atom is -0.391 e. The number of nitrogens with zero attached hydrogens (tertiary/aromatic N) is 1. The topological polar surface area (TPSA) is 124 Å². The maximum atomic E-state index is 11.9. The molecule has 0 aliphatic carbocycles. The van der Waals surface area contributed by atoms with Gasteiger partial charge in [0.15, 0.2) is 5.96 Å². The lowest BCUT2D eigenvalue weighted by Crippen LogP contribution is -2.36. The molecule has 1 aromatic carbocycles. The Labute approximate surface area is 163 Å². The van der Waals surface area contributed by atoms with Gasteiger partial charge in [0.05, 0.1) is 26.4 Å². The smallest absolute Gasteiger partial charge is 0.199 e. The molecule has 3 atom stereocenters. The summed E-state index contributed by atoms with van der Waals surface area (Å²) in [6.45, 7) is 8.96. The Bertz CT molecular complexity index is 832. The van der Waals surface area contributed by atoms with E-state index >= 15 is 0 Å². The van der Waals surface area contributed by atoms with Gasteiger partial charge in [-0.25, -0.2) is 8.99 Å². The zero-order valence-electron chi connectivity index (χ0n) is 15.3. The molecule has 0 aliphatic rings. The molecule has 26 heavy (non-hydrogen) atoms. The van der Waals surface area contributed by atoms with Gasteiger partial charge in [0.1, 0.15) is 5.82 Å². The van der Waals surface area contributed by atoms with Crippen LogP contribution >= 0.6 is 15.9 Å². The van der Waals surface area contributed by atoms with E-state index in [1.165, 1.54) is 6.26 Å². The zero-order valence-corrected chi connectivity index (χ0v) is 17.7. The molecule has 0 saturated heterocycles. The molecule has 0 amide bonds. The molecule has 0 aliphatic heterocycles. The number of aryl methyl sites for hydroxylation is 1. The van der Waals surface area contributed by atoms with Crippen LogP contribution in [0.3, 0.4) is 0 Å². The number of hydrogen-bond donors (Lipinski definition) is 5. The molecule has 1 unspecified atom stereocenters. The predicted octanol–water partition coefficient (Wildman–Crippen LogP) is 2.87. The van der Waals surface area contributed by atoms with Gasteiger partial charge in [-0.3, -0.25) is 0 Å². The molecule has 0 fully saturated rings. The van der Waals surface area contributed by atoms with Crippen molar-refractivity contribution in [1.82, 2.24) is 5.32 Å². The van der Waals surface area contributed by atoms with E-state index in [-0.39, 0.29) is 12.0 Å². The number of allylic oxidation sites excluding steroid dienone is 2. The van der Waals surface area contributed by atoms with Gasteiger partial charge in [0.2, 0.25) is 0 Å². The van der Waals surface area contributed by atoms with Gasteiger partial charge in [-0.05, 0) is 60.5 Å². The largest absolute Gasteiger partial charge is 0.391 e. The number of guanidine groups is 1. The van der Waals surface area contributed by atoms with Crippen molar-refractivity contribution < 1.29 is 9.32 Å². The van der Waals surface area contributed by atoms with Crippen molar-refractivity contribution in [1.29, 1.82) is 4.78 Å². The molecule has 6 N–H and O–H groups in total. The molecule has 0 spiro atoms. The van der Waals surface area contributed by atoms with Gasteiger partial charge in [-0.1, -0.05) is 12.7 Å². The third kappa shape index (κ3) is 6.47. The first kappa shape index (κ1) is 22.2. The van der Waals surface area contributed by atoms with Crippen LogP contribution in [0.5, 0.6) is 0 Å². The van der Waals surface area contributed by atoms with Crippen molar-refractivity contribution in [2.45, 2.75) is 37.8 Å². The number of nitrogens with two attached hydrogens (primary N) is 1. The summed E-state index contributed by atoms with van der Waals surface area (Å²) in [4.78, 5) is 4.78. The van der Waals surface area contributed by atoms with E-state index in [2.05, 4.69) is 38.1 Å². The lowest BCUT2D eigenvalue weighted by atomic mass is 10.2. The Balaban J connectivity index is 3.08. The average Bonchev–Trinajstić information content (AvgIpc) is 2.51. The Morgan fingerprint density at radius 1 is 1.50 bits per heavy atom. The van der Waals surface area contributed by atoms with E-state index in [1.54, 1.807) is 38.1 Å². The van der Waals surface area contributed by atoms with Crippen molar-refractivity contribution in [2.24, 2.45) is 10.7 Å². The summed E-state index contributed by atoms with van der Waals surface area (Å²) in [5, 5.41) is 15.7. The fraction of sp³-hybridized carbons (Fsp3) is 0.353. The highest BCUT2D eigenvalue weighted by atomic mass is 79.9. The molecule has 9 heteroatoms. The standard InChI is InChI=1S/C17H26BrN5O2S/c1-6-14(18)16(21-11(3)12(4)24)23-17(19)22-13-7-8-15(10(2)9-13)26(5,20)25/h6-9,11-12,20-21,24H,1H2,2-5H3,(H3,19,22,23)/b16-14+/t11-,12-,26?/m1/s1. The van der Waals surface area contributed by atoms with Crippen LogP contribution in [0.2, 0.25) is 0 Å². The Morgan fingerprint density at radius 3 is 2.58 bits per heavy atom. The van der Waals surface area contributed by atoms with Crippen LogP contribution in [0.25, 0.3) is 0 Å². The SMILES string of the molecule is C=C/C(Br)=C(\N=C(/N)Nc1ccc(S(C)(=N)=O)c(C)c1)N[C@H](C)[C@@H](C)O. The Hall–Kier alpha value is -1.84. The van der Waals surface area contributed by atoms with Crippen LogP contribution in [-0.4, -0.2) is 33.7 Å². The van der Waals surface area contributed by atoms with Gasteiger partial charge in [0, 0.05) is 16.8 Å². The second-order valence-electron chi connectivity index (χ2n) is 6.02. The lowest BCUT2D eigenvalue weighted by Gasteiger charge is -2.19. The van der Waals surface area contributed by atoms with Crippen molar-refractivity contribution in [3.63, 3.8) is 0 Å². The minimum absolute atomic E-state index is 0.124. The average molecular weight is 444 g/mol. The van der Waals surface area contributed by atoms with Gasteiger partial charge < -0.3 is 21.5 Å². The minimum atomic E-state index is -2.78. The maximum Gasteiger partial charge on any atom is 0.199 e. The third-order valence-electron chi connectivity index (χ3n) is 3.59. The van der Waals surface area contributed by atoms with E-state index in [0.717, 1.165) is 5.56 Å². The number of benzene rings is 1. The van der Waals surface area contributed by atoms with Crippen molar-refractivity contribution in [3.8, 4) is 0 Å². The highest BCUT2D eigenvalue weighted by Gasteiger charge is 2.12. The molecule has 1 aromatic rings. The zero-order chi connectivity index (χ0) is 20.1. The molecule has 0 bridgehead atoms. The van der Waals surface area contributed by atoms with E-state index < -0.39 is 15.8 Å². The van der Waals surface area contributed by atoms with Gasteiger partial charge in [-0.15, -0.1) is 0 Å². The Kier molecular flexibility index (Phi) is 7.86. The summed E-state index contributed by atoms with van der Waals surface area (Å²) in [5.41, 5.74) is 7.37. The maximum absolute atomic E-state index is 11.9. The molecule has 7 nitrogen and oxygen atoms in total. The summed E-state index contributed by atoms with van der Waals surface area (Å²) in [7, 11) is -2.78. The first-order valence-corrected chi connectivity index (χ1v) is 10.6. The molecule has 0 heterocycles. The van der Waals surface area contributed by atoms with Crippen LogP contribution in [-0.2, 0) is 9.73 Å². The quantitative estimate of drug-likeness (QED) is 0.251. The number of aliphatic hydroxyl groups excluding tert-OH is 1. The van der Waals surface area contributed by atoms with Crippen LogP contribution in [0.1, 0.15) is 19.4 Å². The van der Waals surface area contributed by atoms with Crippen molar-refractivity contribution >= 4 is 37.3 Å². The number of rotatable bonds is 7. The molecule has 144 valence electrons. The Morgan fingerprint density at radius 2 is 2.12 bits per heavy atom. The van der Waals surface area contributed by atoms with Crippen LogP contribution in [0.15, 0.2) is 51.0 Å². The predicted molar refractivity (Wildman–Crippen MR) is 112 cm³/mol. The van der Waals surface area contributed by atoms with Crippen LogP contribution in [0.4, 0.5) is 5.69 Å². The first-order chi connectivity index (χ1) is 12.0. The second kappa shape index (κ2) is 9.20. The van der Waals surface area contributed by atoms with E-state index in [0.29, 0.717) is 20.9 Å². The van der Waals surface area contributed by atoms with Crippen LogP contribution < -0.4 is 16.4 Å². The fourth-order valence-electron chi connectivity index (χ4n) is 2.05. The molecular weight excluding hydrogens is 418 g/mol. The summed E-state index contributed by atoms with van der Waals surface area (Å²) in [6, 6.07) is 4.85. The monoisotopic (exact) mass is 443 g/mol. The number of anilines is 1. The molecule has 1 rings (SSSR count). The van der Waals surface area contributed by atoms with Crippen molar-refractivity contribution in [2.75, 3.05) is 11.6 Å². The van der Waals surface area contributed by atoms with Gasteiger partial charge in [-0.2, -0.15) is 4.99 Å². The third-order valence-corrected chi connectivity index (χ3v) is 5.59. The highest BCUT2D eigenvalue weighted by molar-refractivity contribution is 9.11. The number of nitrogens with one attached hydrogen (secondary N) is 3. The fourth-order valence-corrected chi connectivity index (χ4v) is 3.25. The van der Waals surface area contributed by atoms with E-state index in [1.807, 2.05) is 6.92 Å². The molecule has 0 saturated carbocycles. The summed E-state index contributed by atoms with van der Waals surface area (Å²) < 4.78 is 20.2. The van der Waals surface area contributed by atoms with Crippen LogP contribution in [0, 0.1) is 11.7 Å². The number of aliphatic imine (C=N–C) groups is 1. The van der Waals surface area contributed by atoms with E-state index in [9.17, 15) is 9.32 Å². The van der Waals surface area contributed by atoms with E-state index in [4.69, 9.17) is 10.5 Å². The molecule has 0 radical (unpaired) electrons. The molecule has 0 aromatic heterocycles. The van der Waals surface area contributed by atoms with Crippen molar-refractivity contribution in [3.05, 3.63) is 46.7 Å². The summed E-state index contributed by atoms with van der Waals surface area (Å²) in [5.74, 6) is 0.550. The number of hydrogen-bond acceptors (Lipinski definition) is 5. The number of halogens is 1. The number of aliphatic hydroxyl groups is 1. The lowest BCUT2D eigenvalue weighted by molar-refractivity contribution is 0.158. The summed E-state index contributed by atoms with van der Waals surface area (Å²) >= 11 is 3.35. The molecular formula is C17H26BrN5O2S. The first-order valence-electron chi connectivity index (χ1n) is 7.88. The summed E-state index contributed by atoms with van der Waals surface area (Å²) in [6.07, 6.45) is 2.37. The van der Waals surface area contributed by atoms with Gasteiger partial charge >= 0.3 is 0 Å². The highest BCUT2D eigenvalue weighted by Crippen LogP contribution is 2.20. The second-order valence-corrected chi connectivity index (χ2v) is 9.00. The van der Waals surface area contributed by atoms with Gasteiger partial charge in [0.25, 0.3) is 0 Å².